The summed E-state index contributed by atoms with van der Waals surface area (Å²) >= 11 is 0. The summed E-state index contributed by atoms with van der Waals surface area (Å²) in [6.07, 6.45) is 7.00. The van der Waals surface area contributed by atoms with E-state index >= 15 is 9.13 Å². The van der Waals surface area contributed by atoms with Gasteiger partial charge in [0.25, 0.3) is 0 Å². The number of allylic oxidation sites excluding steroid dienone is 4. The van der Waals surface area contributed by atoms with Crippen LogP contribution in [0.2, 0.25) is 0 Å². The van der Waals surface area contributed by atoms with Crippen LogP contribution in [0.4, 0.5) is 34.1 Å². The monoisotopic (exact) mass is 776 g/mol. The third-order valence-corrected chi connectivity index (χ3v) is 16.7. The molecule has 2 bridgehead atoms. The third-order valence-electron chi connectivity index (χ3n) is 10.7. The van der Waals surface area contributed by atoms with Crippen molar-refractivity contribution < 1.29 is 9.13 Å². The van der Waals surface area contributed by atoms with Crippen LogP contribution in [0, 0.1) is 0 Å². The Morgan fingerprint density at radius 2 is 0.754 bits per heavy atom. The van der Waals surface area contributed by atoms with E-state index in [0.29, 0.717) is 6.42 Å². The first-order valence-electron chi connectivity index (χ1n) is 19.0. The zero-order chi connectivity index (χ0) is 38.4. The Balaban J connectivity index is 1.20. The van der Waals surface area contributed by atoms with Gasteiger partial charge in [-0.15, -0.1) is 0 Å². The largest absolute Gasteiger partial charge is 0.301 e. The molecule has 1 fully saturated rings. The van der Waals surface area contributed by atoms with Gasteiger partial charge < -0.3 is 0 Å². The van der Waals surface area contributed by atoms with Crippen molar-refractivity contribution >= 4 is 65.2 Å². The first kappa shape index (κ1) is 34.9. The summed E-state index contributed by atoms with van der Waals surface area (Å²) in [5.41, 5.74) is 8.88. The van der Waals surface area contributed by atoms with E-state index in [2.05, 4.69) is 45.8 Å². The van der Waals surface area contributed by atoms with Crippen LogP contribution in [0.25, 0.3) is 5.57 Å². The number of anilines is 6. The van der Waals surface area contributed by atoms with E-state index in [4.69, 9.17) is 0 Å². The second kappa shape index (κ2) is 14.2. The van der Waals surface area contributed by atoms with Crippen LogP contribution >= 0.6 is 14.9 Å². The van der Waals surface area contributed by atoms with Gasteiger partial charge in [-0.1, -0.05) is 121 Å². The van der Waals surface area contributed by atoms with E-state index in [1.54, 1.807) is 0 Å². The van der Waals surface area contributed by atoms with Gasteiger partial charge in [0.1, 0.15) is 0 Å². The standard InChI is InChI=1S/C49H38N4O2P2/c54-56(46-27-15-5-16-28-46)50(40-19-7-1-8-20-40)44-33-31-38(35-45(37-44)51(56)41-21-9-2-10-22-41)39-32-34-48-49(36-39)53(43-25-13-4-14-26-43)57(55,47-29-17-6-18-30-47)52(48)42-23-11-3-12-24-42/h1-36H,37H2. The number of nitrogens with zero attached hydrogens (tertiary/aromatic N) is 4. The minimum absolute atomic E-state index is 0.562. The Hall–Kier alpha value is -6.58. The molecule has 0 saturated carbocycles. The highest BCUT2D eigenvalue weighted by atomic mass is 31.2. The molecule has 1 saturated heterocycles. The molecule has 7 aromatic carbocycles. The van der Waals surface area contributed by atoms with E-state index in [1.165, 1.54) is 0 Å². The van der Waals surface area contributed by atoms with Crippen molar-refractivity contribution in [3.8, 4) is 0 Å². The van der Waals surface area contributed by atoms with E-state index in [0.717, 1.165) is 67.3 Å². The van der Waals surface area contributed by atoms with Gasteiger partial charge in [-0.05, 0) is 108 Å². The SMILES string of the molecule is O=P1(c2ccccc2)N(c2ccccc2)C2=CC=C(c3ccc4c(c3)N(c3ccccc3)P(=O)(c3ccccc3)N4c3ccccc3)C=C(C2)N1c1ccccc1. The highest BCUT2D eigenvalue weighted by molar-refractivity contribution is 7.76. The van der Waals surface area contributed by atoms with Crippen molar-refractivity contribution in [2.24, 2.45) is 0 Å². The van der Waals surface area contributed by atoms with Crippen molar-refractivity contribution in [3.05, 3.63) is 235 Å². The molecule has 6 nitrogen and oxygen atoms in total. The molecule has 3 aliphatic rings. The average molecular weight is 777 g/mol. The molecule has 2 heterocycles. The quantitative estimate of drug-likeness (QED) is 0.150. The Morgan fingerprint density at radius 3 is 1.23 bits per heavy atom. The predicted molar refractivity (Wildman–Crippen MR) is 238 cm³/mol. The van der Waals surface area contributed by atoms with E-state index in [1.807, 2.05) is 191 Å². The van der Waals surface area contributed by atoms with Crippen molar-refractivity contribution in [2.75, 3.05) is 18.7 Å². The van der Waals surface area contributed by atoms with E-state index in [-0.39, 0.29) is 0 Å². The molecule has 7 aromatic rings. The summed E-state index contributed by atoms with van der Waals surface area (Å²) in [6, 6.07) is 66.1. The van der Waals surface area contributed by atoms with Gasteiger partial charge >= 0.3 is 14.9 Å². The molecule has 10 rings (SSSR count). The van der Waals surface area contributed by atoms with Gasteiger partial charge in [-0.2, -0.15) is 0 Å². The molecule has 0 N–H and O–H groups in total. The summed E-state index contributed by atoms with van der Waals surface area (Å²) in [6.45, 7) is 0. The second-order valence-electron chi connectivity index (χ2n) is 14.1. The molecular formula is C49H38N4O2P2. The first-order valence-corrected chi connectivity index (χ1v) is 22.3. The number of benzene rings is 7. The summed E-state index contributed by atoms with van der Waals surface area (Å²) < 4.78 is 40.7. The lowest BCUT2D eigenvalue weighted by molar-refractivity contribution is 0.575. The van der Waals surface area contributed by atoms with E-state index in [9.17, 15) is 0 Å². The average Bonchev–Trinajstić information content (AvgIpc) is 3.40. The zero-order valence-corrected chi connectivity index (χ0v) is 32.8. The van der Waals surface area contributed by atoms with Crippen LogP contribution in [0.1, 0.15) is 12.0 Å². The first-order chi connectivity index (χ1) is 28.0. The summed E-state index contributed by atoms with van der Waals surface area (Å²) in [7, 11) is -7.10. The summed E-state index contributed by atoms with van der Waals surface area (Å²) in [5, 5.41) is 1.48. The van der Waals surface area contributed by atoms with Gasteiger partial charge in [0.15, 0.2) is 0 Å². The number of fused-ring (bicyclic) bond motifs is 3. The fraction of sp³-hybridized carbons (Fsp3) is 0.0204. The molecule has 0 radical (unpaired) electrons. The zero-order valence-electron chi connectivity index (χ0n) is 31.0. The Labute approximate surface area is 333 Å². The van der Waals surface area contributed by atoms with Crippen LogP contribution in [-0.4, -0.2) is 0 Å². The van der Waals surface area contributed by atoms with Crippen LogP contribution in [0.5, 0.6) is 0 Å². The molecular weight excluding hydrogens is 739 g/mol. The third kappa shape index (κ3) is 5.72. The van der Waals surface area contributed by atoms with Gasteiger partial charge in [-0.3, -0.25) is 27.8 Å². The maximum absolute atomic E-state index is 16.3. The maximum Gasteiger partial charge on any atom is 0.301 e. The van der Waals surface area contributed by atoms with Crippen molar-refractivity contribution in [2.45, 2.75) is 6.42 Å². The lowest BCUT2D eigenvalue weighted by Crippen LogP contribution is -2.41. The fourth-order valence-corrected chi connectivity index (χ4v) is 14.3. The Morgan fingerprint density at radius 1 is 0.368 bits per heavy atom. The molecule has 0 spiro atoms. The highest BCUT2D eigenvalue weighted by Gasteiger charge is 2.50. The number of hydrogen-bond donors (Lipinski definition) is 0. The Kier molecular flexibility index (Phi) is 8.67. The van der Waals surface area contributed by atoms with Gasteiger partial charge in [0.05, 0.1) is 22.0 Å². The van der Waals surface area contributed by atoms with Crippen molar-refractivity contribution in [3.63, 3.8) is 0 Å². The van der Waals surface area contributed by atoms with Crippen LogP contribution in [-0.2, 0) is 9.13 Å². The van der Waals surface area contributed by atoms with Crippen molar-refractivity contribution in [1.82, 2.24) is 0 Å². The molecule has 276 valence electrons. The number of rotatable bonds is 7. The smallest absolute Gasteiger partial charge is 0.275 e. The van der Waals surface area contributed by atoms with Crippen LogP contribution in [0.3, 0.4) is 0 Å². The molecule has 2 aliphatic heterocycles. The molecule has 2 unspecified atom stereocenters. The Bertz CT molecular complexity index is 2780. The second-order valence-corrected chi connectivity index (χ2v) is 19.0. The number of hydrogen-bond acceptors (Lipinski definition) is 2. The molecule has 8 heteroatoms. The topological polar surface area (TPSA) is 47.1 Å². The lowest BCUT2D eigenvalue weighted by atomic mass is 10.0. The minimum atomic E-state index is -3.56. The predicted octanol–water partition coefficient (Wildman–Crippen LogP) is 12.6. The van der Waals surface area contributed by atoms with E-state index < -0.39 is 14.9 Å². The maximum atomic E-state index is 16.3. The van der Waals surface area contributed by atoms with Crippen molar-refractivity contribution in [1.29, 1.82) is 0 Å². The fourth-order valence-electron chi connectivity index (χ4n) is 8.26. The summed E-state index contributed by atoms with van der Waals surface area (Å²) in [5.74, 6) is 0. The minimum Gasteiger partial charge on any atom is -0.275 e. The molecule has 0 amide bonds. The lowest BCUT2D eigenvalue weighted by Gasteiger charge is -2.47. The van der Waals surface area contributed by atoms with Crippen LogP contribution < -0.4 is 29.3 Å². The van der Waals surface area contributed by atoms with Gasteiger partial charge in [0, 0.05) is 40.6 Å². The summed E-state index contributed by atoms with van der Waals surface area (Å²) in [4.78, 5) is 0. The van der Waals surface area contributed by atoms with Gasteiger partial charge in [-0.25, -0.2) is 0 Å². The normalized spacial score (nSPS) is 20.0. The molecule has 0 aromatic heterocycles. The molecule has 1 aliphatic carbocycles. The van der Waals surface area contributed by atoms with Crippen LogP contribution in [0.15, 0.2) is 230 Å². The molecule has 2 atom stereocenters. The van der Waals surface area contributed by atoms with Gasteiger partial charge in [0.2, 0.25) is 0 Å². The highest BCUT2D eigenvalue weighted by Crippen LogP contribution is 2.70. The molecule has 57 heavy (non-hydrogen) atoms. The number of para-hydroxylation sites is 4.